The van der Waals surface area contributed by atoms with Gasteiger partial charge in [-0.15, -0.1) is 11.8 Å². The Morgan fingerprint density at radius 3 is 2.67 bits per heavy atom. The van der Waals surface area contributed by atoms with Crippen molar-refractivity contribution in [3.05, 3.63) is 28.8 Å². The van der Waals surface area contributed by atoms with Crippen LogP contribution >= 0.6 is 23.4 Å². The molecule has 0 fully saturated rings. The monoisotopic (exact) mass is 200 g/mol. The number of thioether (sulfide) groups is 1. The molecule has 0 aromatic heterocycles. The topological polar surface area (TPSA) is 0 Å². The summed E-state index contributed by atoms with van der Waals surface area (Å²) >= 11 is 7.91. The highest BCUT2D eigenvalue weighted by molar-refractivity contribution is 7.99. The summed E-state index contributed by atoms with van der Waals surface area (Å²) in [5, 5.41) is 0.899. The molecule has 0 saturated carbocycles. The molecule has 1 aromatic rings. The molecule has 0 radical (unpaired) electrons. The zero-order valence-electron chi connectivity index (χ0n) is 7.43. The van der Waals surface area contributed by atoms with Crippen molar-refractivity contribution in [1.29, 1.82) is 0 Å². The molecule has 0 unspecified atom stereocenters. The first-order chi connectivity index (χ1) is 5.79. The number of hydrogen-bond donors (Lipinski definition) is 0. The summed E-state index contributed by atoms with van der Waals surface area (Å²) in [6.45, 7) is 4.30. The molecule has 0 nitrogen and oxygen atoms in total. The smallest absolute Gasteiger partial charge is 0.0449 e. The number of halogens is 1. The van der Waals surface area contributed by atoms with Crippen LogP contribution in [0.25, 0.3) is 0 Å². The normalized spacial score (nSPS) is 10.2. The van der Waals surface area contributed by atoms with E-state index < -0.39 is 0 Å². The second-order valence-corrected chi connectivity index (χ2v) is 4.22. The Hall–Kier alpha value is -0.140. The molecule has 1 aromatic carbocycles. The fourth-order valence-electron chi connectivity index (χ4n) is 1.17. The van der Waals surface area contributed by atoms with E-state index in [2.05, 4.69) is 19.9 Å². The van der Waals surface area contributed by atoms with Gasteiger partial charge in [-0.25, -0.2) is 0 Å². The van der Waals surface area contributed by atoms with E-state index in [1.54, 1.807) is 0 Å². The Morgan fingerprint density at radius 1 is 1.33 bits per heavy atom. The molecular formula is C10H13ClS. The van der Waals surface area contributed by atoms with Crippen LogP contribution in [0.15, 0.2) is 23.1 Å². The third kappa shape index (κ3) is 2.18. The summed E-state index contributed by atoms with van der Waals surface area (Å²) < 4.78 is 0. The Bertz CT molecular complexity index is 258. The van der Waals surface area contributed by atoms with Crippen LogP contribution in [0, 0.1) is 0 Å². The summed E-state index contributed by atoms with van der Waals surface area (Å²) in [6, 6.07) is 6.11. The van der Waals surface area contributed by atoms with Crippen LogP contribution in [-0.2, 0) is 6.42 Å². The molecule has 0 N–H and O–H groups in total. The molecule has 0 aliphatic rings. The minimum absolute atomic E-state index is 0.899. The number of hydrogen-bond acceptors (Lipinski definition) is 1. The predicted octanol–water partition coefficient (Wildman–Crippen LogP) is 4.01. The molecule has 0 aliphatic heterocycles. The number of rotatable bonds is 3. The van der Waals surface area contributed by atoms with Gasteiger partial charge in [-0.3, -0.25) is 0 Å². The lowest BCUT2D eigenvalue weighted by Crippen LogP contribution is -1.86. The average molecular weight is 201 g/mol. The van der Waals surface area contributed by atoms with Crippen molar-refractivity contribution in [2.45, 2.75) is 25.2 Å². The molecule has 0 amide bonds. The molecule has 0 saturated heterocycles. The minimum atomic E-state index is 0.899. The van der Waals surface area contributed by atoms with Crippen LogP contribution < -0.4 is 0 Å². The van der Waals surface area contributed by atoms with Crippen molar-refractivity contribution in [1.82, 2.24) is 0 Å². The Labute approximate surface area is 83.3 Å². The molecule has 2 heteroatoms. The summed E-state index contributed by atoms with van der Waals surface area (Å²) in [7, 11) is 0. The van der Waals surface area contributed by atoms with Crippen molar-refractivity contribution < 1.29 is 0 Å². The third-order valence-electron chi connectivity index (χ3n) is 1.73. The molecule has 0 heterocycles. The molecule has 12 heavy (non-hydrogen) atoms. The van der Waals surface area contributed by atoms with Gasteiger partial charge in [0.25, 0.3) is 0 Å². The van der Waals surface area contributed by atoms with Gasteiger partial charge in [0, 0.05) is 9.92 Å². The van der Waals surface area contributed by atoms with Crippen LogP contribution in [0.3, 0.4) is 0 Å². The summed E-state index contributed by atoms with van der Waals surface area (Å²) in [6.07, 6.45) is 1.02. The van der Waals surface area contributed by atoms with Crippen molar-refractivity contribution in [2.75, 3.05) is 5.75 Å². The van der Waals surface area contributed by atoms with Crippen LogP contribution in [-0.4, -0.2) is 5.75 Å². The van der Waals surface area contributed by atoms with Crippen LogP contribution in [0.2, 0.25) is 5.02 Å². The first-order valence-electron chi connectivity index (χ1n) is 4.19. The SMILES string of the molecule is CCSc1cccc(Cl)c1CC. The first-order valence-corrected chi connectivity index (χ1v) is 5.56. The molecule has 0 aliphatic carbocycles. The maximum atomic E-state index is 6.05. The zero-order valence-corrected chi connectivity index (χ0v) is 9.00. The Kier molecular flexibility index (Phi) is 3.96. The quantitative estimate of drug-likeness (QED) is 0.665. The van der Waals surface area contributed by atoms with Gasteiger partial charge in [0.2, 0.25) is 0 Å². The van der Waals surface area contributed by atoms with Crippen LogP contribution in [0.4, 0.5) is 0 Å². The molecule has 66 valence electrons. The van der Waals surface area contributed by atoms with E-state index in [0.29, 0.717) is 0 Å². The Morgan fingerprint density at radius 2 is 2.08 bits per heavy atom. The van der Waals surface area contributed by atoms with Crippen molar-refractivity contribution >= 4 is 23.4 Å². The summed E-state index contributed by atoms with van der Waals surface area (Å²) in [5.74, 6) is 1.10. The zero-order chi connectivity index (χ0) is 8.97. The summed E-state index contributed by atoms with van der Waals surface area (Å²) in [4.78, 5) is 1.33. The van der Waals surface area contributed by atoms with E-state index in [-0.39, 0.29) is 0 Å². The van der Waals surface area contributed by atoms with E-state index >= 15 is 0 Å². The van der Waals surface area contributed by atoms with Gasteiger partial charge in [0.05, 0.1) is 0 Å². The predicted molar refractivity (Wildman–Crippen MR) is 57.2 cm³/mol. The highest BCUT2D eigenvalue weighted by atomic mass is 35.5. The van der Waals surface area contributed by atoms with Gasteiger partial charge < -0.3 is 0 Å². The maximum Gasteiger partial charge on any atom is 0.0449 e. The van der Waals surface area contributed by atoms with Crippen molar-refractivity contribution in [2.24, 2.45) is 0 Å². The molecule has 0 bridgehead atoms. The highest BCUT2D eigenvalue weighted by Crippen LogP contribution is 2.28. The fraction of sp³-hybridized carbons (Fsp3) is 0.400. The van der Waals surface area contributed by atoms with Gasteiger partial charge in [-0.2, -0.15) is 0 Å². The van der Waals surface area contributed by atoms with Gasteiger partial charge in [-0.1, -0.05) is 31.5 Å². The van der Waals surface area contributed by atoms with E-state index in [1.165, 1.54) is 10.5 Å². The molecule has 0 atom stereocenters. The lowest BCUT2D eigenvalue weighted by Gasteiger charge is -2.07. The third-order valence-corrected chi connectivity index (χ3v) is 3.07. The molecular weight excluding hydrogens is 188 g/mol. The second-order valence-electron chi connectivity index (χ2n) is 2.50. The summed E-state index contributed by atoms with van der Waals surface area (Å²) in [5.41, 5.74) is 1.28. The fourth-order valence-corrected chi connectivity index (χ4v) is 2.45. The van der Waals surface area contributed by atoms with E-state index in [1.807, 2.05) is 23.9 Å². The maximum absolute atomic E-state index is 6.05. The standard InChI is InChI=1S/C10H13ClS/c1-3-8-9(11)6-5-7-10(8)12-4-2/h5-7H,3-4H2,1-2H3. The van der Waals surface area contributed by atoms with Crippen molar-refractivity contribution in [3.8, 4) is 0 Å². The van der Waals surface area contributed by atoms with Gasteiger partial charge >= 0.3 is 0 Å². The first kappa shape index (κ1) is 9.94. The van der Waals surface area contributed by atoms with Crippen LogP contribution in [0.1, 0.15) is 19.4 Å². The lowest BCUT2D eigenvalue weighted by atomic mass is 10.2. The molecule has 1 rings (SSSR count). The average Bonchev–Trinajstić information content (AvgIpc) is 2.05. The van der Waals surface area contributed by atoms with Crippen LogP contribution in [0.5, 0.6) is 0 Å². The lowest BCUT2D eigenvalue weighted by molar-refractivity contribution is 1.08. The van der Waals surface area contributed by atoms with Gasteiger partial charge in [-0.05, 0) is 29.9 Å². The highest BCUT2D eigenvalue weighted by Gasteiger charge is 2.03. The minimum Gasteiger partial charge on any atom is -0.126 e. The Balaban J connectivity index is 3.00. The van der Waals surface area contributed by atoms with E-state index in [0.717, 1.165) is 17.2 Å². The molecule has 0 spiro atoms. The van der Waals surface area contributed by atoms with E-state index in [4.69, 9.17) is 11.6 Å². The second kappa shape index (κ2) is 4.78. The van der Waals surface area contributed by atoms with E-state index in [9.17, 15) is 0 Å². The largest absolute Gasteiger partial charge is 0.126 e. The number of benzene rings is 1. The van der Waals surface area contributed by atoms with Gasteiger partial charge in [0.1, 0.15) is 0 Å². The van der Waals surface area contributed by atoms with Gasteiger partial charge in [0.15, 0.2) is 0 Å². The van der Waals surface area contributed by atoms with Crippen molar-refractivity contribution in [3.63, 3.8) is 0 Å².